The van der Waals surface area contributed by atoms with Gasteiger partial charge >= 0.3 is 5.97 Å². The van der Waals surface area contributed by atoms with Crippen molar-refractivity contribution >= 4 is 35.0 Å². The van der Waals surface area contributed by atoms with E-state index in [9.17, 15) is 9.59 Å². The summed E-state index contributed by atoms with van der Waals surface area (Å²) in [5.41, 5.74) is 0.837. The van der Waals surface area contributed by atoms with Crippen LogP contribution in [0.3, 0.4) is 0 Å². The highest BCUT2D eigenvalue weighted by Crippen LogP contribution is 2.23. The number of ether oxygens (including phenoxy) is 2. The third-order valence-electron chi connectivity index (χ3n) is 4.44. The molecule has 0 spiro atoms. The van der Waals surface area contributed by atoms with Gasteiger partial charge in [-0.15, -0.1) is 5.10 Å². The molecule has 1 aromatic rings. The van der Waals surface area contributed by atoms with Crippen molar-refractivity contribution in [2.45, 2.75) is 19.3 Å². The fraction of sp³-hybridized carbons (Fsp3) is 0.400. The number of rotatable bonds is 7. The molecule has 2 fully saturated rings. The molecule has 2 heterocycles. The number of amidine groups is 1. The number of hydrogen-bond acceptors (Lipinski definition) is 8. The van der Waals surface area contributed by atoms with Crippen LogP contribution in [0.4, 0.5) is 0 Å². The Balaban J connectivity index is 1.51. The monoisotopic (exact) mass is 416 g/mol. The Bertz CT molecular complexity index is 832. The number of likely N-dealkylation sites (tertiary alicyclic amines) is 1. The van der Waals surface area contributed by atoms with E-state index in [2.05, 4.69) is 25.2 Å². The Kier molecular flexibility index (Phi) is 7.83. The minimum Gasteiger partial charge on any atom is -0.492 e. The summed E-state index contributed by atoms with van der Waals surface area (Å²) in [7, 11) is 1.25. The molecule has 0 aromatic heterocycles. The maximum atomic E-state index is 11.8. The highest BCUT2D eigenvalue weighted by molar-refractivity contribution is 8.18. The van der Waals surface area contributed by atoms with Crippen LogP contribution in [-0.4, -0.2) is 61.5 Å². The molecule has 0 saturated carbocycles. The molecule has 3 rings (SSSR count). The average molecular weight is 417 g/mol. The second-order valence-electron chi connectivity index (χ2n) is 6.56. The number of piperidine rings is 1. The highest BCUT2D eigenvalue weighted by atomic mass is 32.2. The van der Waals surface area contributed by atoms with Gasteiger partial charge in [-0.3, -0.25) is 15.0 Å². The van der Waals surface area contributed by atoms with Gasteiger partial charge in [0.25, 0.3) is 5.91 Å². The normalized spacial score (nSPS) is 20.4. The summed E-state index contributed by atoms with van der Waals surface area (Å²) in [5.74, 6) is -0.214. The van der Waals surface area contributed by atoms with Crippen LogP contribution in [0.2, 0.25) is 0 Å². The number of carbonyl (C=O) groups is 2. The van der Waals surface area contributed by atoms with Crippen molar-refractivity contribution in [2.24, 2.45) is 10.2 Å². The Morgan fingerprint density at radius 3 is 2.93 bits per heavy atom. The highest BCUT2D eigenvalue weighted by Gasteiger charge is 2.25. The van der Waals surface area contributed by atoms with Crippen LogP contribution in [-0.2, 0) is 14.3 Å². The smallest absolute Gasteiger partial charge is 0.331 e. The van der Waals surface area contributed by atoms with Crippen molar-refractivity contribution in [1.82, 2.24) is 10.2 Å². The lowest BCUT2D eigenvalue weighted by Crippen LogP contribution is -2.33. The zero-order chi connectivity index (χ0) is 20.5. The van der Waals surface area contributed by atoms with E-state index in [1.165, 1.54) is 26.4 Å². The molecule has 0 radical (unpaired) electrons. The second kappa shape index (κ2) is 10.8. The molecule has 0 unspecified atom stereocenters. The number of carbonyl (C=O) groups excluding carboxylic acids is 2. The number of benzene rings is 1. The molecule has 1 amide bonds. The second-order valence-corrected chi connectivity index (χ2v) is 7.59. The van der Waals surface area contributed by atoms with Gasteiger partial charge in [0.1, 0.15) is 12.4 Å². The topological polar surface area (TPSA) is 92.6 Å². The minimum atomic E-state index is -0.593. The zero-order valence-electron chi connectivity index (χ0n) is 16.3. The number of amides is 1. The molecule has 0 atom stereocenters. The molecular weight excluding hydrogens is 392 g/mol. The Hall–Kier alpha value is -2.65. The summed E-state index contributed by atoms with van der Waals surface area (Å²) < 4.78 is 10.4. The summed E-state index contributed by atoms with van der Waals surface area (Å²) in [6.07, 6.45) is 6.57. The van der Waals surface area contributed by atoms with E-state index in [0.717, 1.165) is 48.8 Å². The molecule has 9 heteroatoms. The van der Waals surface area contributed by atoms with Gasteiger partial charge in [0.05, 0.1) is 18.2 Å². The SMILES string of the molecule is COC(=O)/C=C1/S/C(=N\N=Cc2cccc(OCCN3CCCCC3)c2)NC1=O. The number of nitrogens with one attached hydrogen (secondary N) is 1. The fourth-order valence-corrected chi connectivity index (χ4v) is 3.69. The van der Waals surface area contributed by atoms with Gasteiger partial charge in [-0.25, -0.2) is 4.79 Å². The zero-order valence-corrected chi connectivity index (χ0v) is 17.1. The molecule has 2 saturated heterocycles. The van der Waals surface area contributed by atoms with Gasteiger partial charge in [-0.2, -0.15) is 5.10 Å². The van der Waals surface area contributed by atoms with Crippen molar-refractivity contribution in [3.63, 3.8) is 0 Å². The number of nitrogens with zero attached hydrogens (tertiary/aromatic N) is 3. The summed E-state index contributed by atoms with van der Waals surface area (Å²) >= 11 is 1.03. The first kappa shape index (κ1) is 21.1. The number of thioether (sulfide) groups is 1. The van der Waals surface area contributed by atoms with Crippen molar-refractivity contribution in [3.05, 3.63) is 40.8 Å². The quantitative estimate of drug-likeness (QED) is 0.317. The molecule has 1 N–H and O–H groups in total. The predicted octanol–water partition coefficient (Wildman–Crippen LogP) is 2.16. The fourth-order valence-electron chi connectivity index (χ4n) is 2.95. The average Bonchev–Trinajstić information content (AvgIpc) is 3.08. The van der Waals surface area contributed by atoms with Gasteiger partial charge in [0.15, 0.2) is 5.17 Å². The molecule has 1 aromatic carbocycles. The van der Waals surface area contributed by atoms with Crippen LogP contribution < -0.4 is 10.1 Å². The van der Waals surface area contributed by atoms with E-state index < -0.39 is 11.9 Å². The minimum absolute atomic E-state index is 0.218. The van der Waals surface area contributed by atoms with Crippen LogP contribution in [0.5, 0.6) is 5.75 Å². The summed E-state index contributed by atoms with van der Waals surface area (Å²) in [5, 5.41) is 10.8. The molecule has 154 valence electrons. The lowest BCUT2D eigenvalue weighted by atomic mass is 10.1. The lowest BCUT2D eigenvalue weighted by molar-refractivity contribution is -0.135. The van der Waals surface area contributed by atoms with Crippen molar-refractivity contribution < 1.29 is 19.1 Å². The van der Waals surface area contributed by atoms with Crippen molar-refractivity contribution in [2.75, 3.05) is 33.4 Å². The molecule has 29 heavy (non-hydrogen) atoms. The van der Waals surface area contributed by atoms with E-state index in [1.54, 1.807) is 6.21 Å². The molecular formula is C20H24N4O4S. The third kappa shape index (κ3) is 6.72. The molecule has 0 bridgehead atoms. The molecule has 2 aliphatic heterocycles. The maximum Gasteiger partial charge on any atom is 0.331 e. The number of esters is 1. The van der Waals surface area contributed by atoms with E-state index in [0.29, 0.717) is 11.8 Å². The third-order valence-corrected chi connectivity index (χ3v) is 5.34. The van der Waals surface area contributed by atoms with Gasteiger partial charge < -0.3 is 9.47 Å². The van der Waals surface area contributed by atoms with Crippen LogP contribution in [0, 0.1) is 0 Å². The van der Waals surface area contributed by atoms with Crippen LogP contribution >= 0.6 is 11.8 Å². The Morgan fingerprint density at radius 2 is 2.14 bits per heavy atom. The standard InChI is InChI=1S/C20H24N4O4S/c1-27-18(25)13-17-19(26)22-20(29-17)23-21-14-15-6-5-7-16(12-15)28-11-10-24-8-3-2-4-9-24/h5-7,12-14H,2-4,8-11H2,1H3,(H,22,23,26)/b17-13+,21-14?. The predicted molar refractivity (Wildman–Crippen MR) is 113 cm³/mol. The number of hydrogen-bond donors (Lipinski definition) is 1. The van der Waals surface area contributed by atoms with Crippen LogP contribution in [0.1, 0.15) is 24.8 Å². The first-order valence-corrected chi connectivity index (χ1v) is 10.3. The number of methoxy groups -OCH3 is 1. The van der Waals surface area contributed by atoms with E-state index >= 15 is 0 Å². The van der Waals surface area contributed by atoms with Crippen LogP contribution in [0.15, 0.2) is 45.4 Å². The van der Waals surface area contributed by atoms with Gasteiger partial charge in [0.2, 0.25) is 0 Å². The first-order valence-electron chi connectivity index (χ1n) is 9.49. The van der Waals surface area contributed by atoms with Gasteiger partial charge in [-0.05, 0) is 55.4 Å². The van der Waals surface area contributed by atoms with E-state index in [4.69, 9.17) is 4.74 Å². The van der Waals surface area contributed by atoms with Crippen molar-refractivity contribution in [3.8, 4) is 5.75 Å². The molecule has 0 aliphatic carbocycles. The Morgan fingerprint density at radius 1 is 1.31 bits per heavy atom. The van der Waals surface area contributed by atoms with Gasteiger partial charge in [0, 0.05) is 12.6 Å². The maximum absolute atomic E-state index is 11.8. The van der Waals surface area contributed by atoms with E-state index in [1.807, 2.05) is 24.3 Å². The van der Waals surface area contributed by atoms with Crippen LogP contribution in [0.25, 0.3) is 0 Å². The lowest BCUT2D eigenvalue weighted by Gasteiger charge is -2.26. The summed E-state index contributed by atoms with van der Waals surface area (Å²) in [4.78, 5) is 25.7. The molecule has 8 nitrogen and oxygen atoms in total. The summed E-state index contributed by atoms with van der Waals surface area (Å²) in [6.45, 7) is 3.90. The summed E-state index contributed by atoms with van der Waals surface area (Å²) in [6, 6.07) is 7.59. The largest absolute Gasteiger partial charge is 0.492 e. The van der Waals surface area contributed by atoms with Gasteiger partial charge in [-0.1, -0.05) is 18.6 Å². The molecule has 2 aliphatic rings. The van der Waals surface area contributed by atoms with E-state index in [-0.39, 0.29) is 4.91 Å². The first-order chi connectivity index (χ1) is 14.1. The van der Waals surface area contributed by atoms with Crippen molar-refractivity contribution in [1.29, 1.82) is 0 Å². The Labute approximate surface area is 174 Å².